The van der Waals surface area contributed by atoms with E-state index in [-0.39, 0.29) is 5.82 Å². The molecular formula is C13H19FN2. The summed E-state index contributed by atoms with van der Waals surface area (Å²) in [5, 5.41) is 0. The summed E-state index contributed by atoms with van der Waals surface area (Å²) in [5.74, 6) is -0.164. The van der Waals surface area contributed by atoms with Crippen molar-refractivity contribution in [1.29, 1.82) is 0 Å². The third kappa shape index (κ3) is 2.19. The number of rotatable bonds is 1. The van der Waals surface area contributed by atoms with Crippen molar-refractivity contribution >= 4 is 5.69 Å². The zero-order valence-electron chi connectivity index (χ0n) is 9.91. The molecule has 1 heterocycles. The minimum atomic E-state index is -0.164. The lowest BCUT2D eigenvalue weighted by Gasteiger charge is -2.39. The monoisotopic (exact) mass is 222 g/mol. The molecule has 0 aromatic heterocycles. The standard InChI is InChI=1S/C13H19FN2/c1-9-7-11(14)3-4-13(9)16-6-5-12(15)8-10(16)2/h3-4,7,10,12H,5-6,8,15H2,1-2H3. The van der Waals surface area contributed by atoms with Crippen molar-refractivity contribution in [3.8, 4) is 0 Å². The first-order chi connectivity index (χ1) is 7.58. The molecule has 88 valence electrons. The summed E-state index contributed by atoms with van der Waals surface area (Å²) in [6, 6.07) is 5.75. The van der Waals surface area contributed by atoms with Gasteiger partial charge in [0.1, 0.15) is 5.82 Å². The molecule has 1 aliphatic heterocycles. The van der Waals surface area contributed by atoms with Crippen LogP contribution in [0.25, 0.3) is 0 Å². The lowest BCUT2D eigenvalue weighted by Crippen LogP contribution is -2.45. The normalized spacial score (nSPS) is 25.9. The third-order valence-corrected chi connectivity index (χ3v) is 3.38. The maximum absolute atomic E-state index is 13.0. The average molecular weight is 222 g/mol. The molecule has 0 saturated carbocycles. The molecule has 0 bridgehead atoms. The van der Waals surface area contributed by atoms with Crippen LogP contribution in [0.1, 0.15) is 25.3 Å². The molecule has 3 heteroatoms. The highest BCUT2D eigenvalue weighted by Crippen LogP contribution is 2.27. The van der Waals surface area contributed by atoms with Crippen LogP contribution >= 0.6 is 0 Å². The van der Waals surface area contributed by atoms with Gasteiger partial charge in [-0.15, -0.1) is 0 Å². The van der Waals surface area contributed by atoms with Crippen molar-refractivity contribution in [3.63, 3.8) is 0 Å². The quantitative estimate of drug-likeness (QED) is 0.791. The second-order valence-electron chi connectivity index (χ2n) is 4.76. The van der Waals surface area contributed by atoms with Crippen molar-refractivity contribution in [2.75, 3.05) is 11.4 Å². The lowest BCUT2D eigenvalue weighted by molar-refractivity contribution is 0.429. The van der Waals surface area contributed by atoms with Gasteiger partial charge in [0.2, 0.25) is 0 Å². The van der Waals surface area contributed by atoms with E-state index in [1.54, 1.807) is 6.07 Å². The van der Waals surface area contributed by atoms with E-state index in [1.807, 2.05) is 13.0 Å². The summed E-state index contributed by atoms with van der Waals surface area (Å²) < 4.78 is 13.0. The van der Waals surface area contributed by atoms with Crippen molar-refractivity contribution in [3.05, 3.63) is 29.6 Å². The minimum absolute atomic E-state index is 0.164. The zero-order chi connectivity index (χ0) is 11.7. The Hall–Kier alpha value is -1.09. The van der Waals surface area contributed by atoms with Crippen LogP contribution in [-0.2, 0) is 0 Å². The largest absolute Gasteiger partial charge is 0.368 e. The van der Waals surface area contributed by atoms with Crippen molar-refractivity contribution < 1.29 is 4.39 Å². The summed E-state index contributed by atoms with van der Waals surface area (Å²) in [5.41, 5.74) is 8.08. The summed E-state index contributed by atoms with van der Waals surface area (Å²) in [4.78, 5) is 2.33. The maximum Gasteiger partial charge on any atom is 0.123 e. The second-order valence-corrected chi connectivity index (χ2v) is 4.76. The van der Waals surface area contributed by atoms with Gasteiger partial charge < -0.3 is 10.6 Å². The van der Waals surface area contributed by atoms with E-state index < -0.39 is 0 Å². The molecular weight excluding hydrogens is 203 g/mol. The maximum atomic E-state index is 13.0. The number of piperidine rings is 1. The molecule has 1 aromatic rings. The number of hydrogen-bond acceptors (Lipinski definition) is 2. The molecule has 2 unspecified atom stereocenters. The van der Waals surface area contributed by atoms with Gasteiger partial charge in [0, 0.05) is 24.3 Å². The first-order valence-corrected chi connectivity index (χ1v) is 5.86. The fraction of sp³-hybridized carbons (Fsp3) is 0.538. The number of hydrogen-bond donors (Lipinski definition) is 1. The fourth-order valence-electron chi connectivity index (χ4n) is 2.51. The number of aryl methyl sites for hydroxylation is 1. The van der Waals surface area contributed by atoms with Gasteiger partial charge in [0.15, 0.2) is 0 Å². The molecule has 1 aromatic carbocycles. The fourth-order valence-corrected chi connectivity index (χ4v) is 2.51. The van der Waals surface area contributed by atoms with Gasteiger partial charge in [-0.25, -0.2) is 4.39 Å². The van der Waals surface area contributed by atoms with E-state index in [1.165, 1.54) is 6.07 Å². The Bertz CT molecular complexity index is 378. The van der Waals surface area contributed by atoms with E-state index in [0.717, 1.165) is 30.6 Å². The van der Waals surface area contributed by atoms with E-state index in [4.69, 9.17) is 5.73 Å². The molecule has 2 rings (SSSR count). The highest BCUT2D eigenvalue weighted by atomic mass is 19.1. The number of benzene rings is 1. The first-order valence-electron chi connectivity index (χ1n) is 5.86. The Morgan fingerprint density at radius 2 is 2.19 bits per heavy atom. The number of nitrogens with zero attached hydrogens (tertiary/aromatic N) is 1. The molecule has 1 saturated heterocycles. The Kier molecular flexibility index (Phi) is 3.15. The van der Waals surface area contributed by atoms with Crippen LogP contribution < -0.4 is 10.6 Å². The summed E-state index contributed by atoms with van der Waals surface area (Å²) >= 11 is 0. The van der Waals surface area contributed by atoms with Gasteiger partial charge in [-0.05, 0) is 50.5 Å². The first kappa shape index (κ1) is 11.4. The predicted octanol–water partition coefficient (Wildman–Crippen LogP) is 2.45. The Morgan fingerprint density at radius 1 is 1.44 bits per heavy atom. The number of nitrogens with two attached hydrogens (primary N) is 1. The van der Waals surface area contributed by atoms with Crippen LogP contribution in [0.5, 0.6) is 0 Å². The molecule has 2 atom stereocenters. The second kappa shape index (κ2) is 4.42. The Labute approximate surface area is 96.2 Å². The van der Waals surface area contributed by atoms with Gasteiger partial charge in [0.25, 0.3) is 0 Å². The van der Waals surface area contributed by atoms with E-state index in [2.05, 4.69) is 11.8 Å². The summed E-state index contributed by atoms with van der Waals surface area (Å²) in [7, 11) is 0. The molecule has 1 aliphatic rings. The van der Waals surface area contributed by atoms with Crippen molar-refractivity contribution in [2.45, 2.75) is 38.8 Å². The minimum Gasteiger partial charge on any atom is -0.368 e. The predicted molar refractivity (Wildman–Crippen MR) is 65.2 cm³/mol. The third-order valence-electron chi connectivity index (χ3n) is 3.38. The molecule has 2 N–H and O–H groups in total. The molecule has 2 nitrogen and oxygen atoms in total. The van der Waals surface area contributed by atoms with Crippen LogP contribution in [0.4, 0.5) is 10.1 Å². The van der Waals surface area contributed by atoms with Gasteiger partial charge in [0.05, 0.1) is 0 Å². The van der Waals surface area contributed by atoms with Crippen LogP contribution in [0, 0.1) is 12.7 Å². The molecule has 0 aliphatic carbocycles. The molecule has 16 heavy (non-hydrogen) atoms. The van der Waals surface area contributed by atoms with Gasteiger partial charge >= 0.3 is 0 Å². The number of halogens is 1. The lowest BCUT2D eigenvalue weighted by atomic mass is 9.97. The SMILES string of the molecule is Cc1cc(F)ccc1N1CCC(N)CC1C. The van der Waals surface area contributed by atoms with E-state index >= 15 is 0 Å². The van der Waals surface area contributed by atoms with Gasteiger partial charge in [-0.1, -0.05) is 0 Å². The zero-order valence-corrected chi connectivity index (χ0v) is 9.91. The van der Waals surface area contributed by atoms with Crippen LogP contribution in [0.3, 0.4) is 0 Å². The van der Waals surface area contributed by atoms with Crippen molar-refractivity contribution in [1.82, 2.24) is 0 Å². The topological polar surface area (TPSA) is 29.3 Å². The number of anilines is 1. The van der Waals surface area contributed by atoms with Gasteiger partial charge in [-0.3, -0.25) is 0 Å². The molecule has 0 spiro atoms. The van der Waals surface area contributed by atoms with Crippen molar-refractivity contribution in [2.24, 2.45) is 5.73 Å². The summed E-state index contributed by atoms with van der Waals surface area (Å²) in [6.07, 6.45) is 2.03. The Morgan fingerprint density at radius 3 is 2.81 bits per heavy atom. The van der Waals surface area contributed by atoms with E-state index in [0.29, 0.717) is 12.1 Å². The molecule has 1 fully saturated rings. The van der Waals surface area contributed by atoms with Crippen LogP contribution in [0.15, 0.2) is 18.2 Å². The molecule has 0 amide bonds. The van der Waals surface area contributed by atoms with Crippen LogP contribution in [0.2, 0.25) is 0 Å². The van der Waals surface area contributed by atoms with E-state index in [9.17, 15) is 4.39 Å². The van der Waals surface area contributed by atoms with Crippen LogP contribution in [-0.4, -0.2) is 18.6 Å². The Balaban J connectivity index is 2.23. The summed E-state index contributed by atoms with van der Waals surface area (Å²) in [6.45, 7) is 5.11. The smallest absolute Gasteiger partial charge is 0.123 e. The van der Waals surface area contributed by atoms with Gasteiger partial charge in [-0.2, -0.15) is 0 Å². The highest BCUT2D eigenvalue weighted by molar-refractivity contribution is 5.54. The molecule has 0 radical (unpaired) electrons. The average Bonchev–Trinajstić information content (AvgIpc) is 2.19. The highest BCUT2D eigenvalue weighted by Gasteiger charge is 2.24.